The molecule has 4 heteroatoms. The van der Waals surface area contributed by atoms with Crippen LogP contribution in [0.4, 0.5) is 4.39 Å². The monoisotopic (exact) mass is 252 g/mol. The predicted octanol–water partition coefficient (Wildman–Crippen LogP) is 3.06. The summed E-state index contributed by atoms with van der Waals surface area (Å²) in [7, 11) is 0. The Morgan fingerprint density at radius 2 is 2.29 bits per heavy atom. The fraction of sp³-hybridized carbons (Fsp3) is 0.385. The Kier molecular flexibility index (Phi) is 2.51. The number of allylic oxidation sites excluding steroid dienone is 2. The second-order valence-electron chi connectivity index (χ2n) is 4.70. The van der Waals surface area contributed by atoms with Crippen LogP contribution >= 0.6 is 11.6 Å². The summed E-state index contributed by atoms with van der Waals surface area (Å²) in [5, 5.41) is 3.91. The van der Waals surface area contributed by atoms with Crippen LogP contribution < -0.4 is 5.32 Å². The second kappa shape index (κ2) is 3.91. The summed E-state index contributed by atoms with van der Waals surface area (Å²) in [6.07, 6.45) is 0.899. The number of halogens is 2. The van der Waals surface area contributed by atoms with Crippen molar-refractivity contribution in [2.24, 2.45) is 0 Å². The Balaban J connectivity index is 1.92. The number of hydrogen-bond acceptors (Lipinski definition) is 2. The van der Waals surface area contributed by atoms with Crippen molar-refractivity contribution >= 4 is 11.6 Å². The normalized spacial score (nSPS) is 23.0. The van der Waals surface area contributed by atoms with Crippen molar-refractivity contribution in [1.82, 2.24) is 10.2 Å². The SMILES string of the molecule is CC1=C2C[C@H](c3cc(Cl)ccc3F)CN2CN1. The first-order chi connectivity index (χ1) is 8.15. The molecule has 3 rings (SSSR count). The second-order valence-corrected chi connectivity index (χ2v) is 5.13. The molecule has 1 fully saturated rings. The highest BCUT2D eigenvalue weighted by Gasteiger charge is 2.33. The molecule has 2 nitrogen and oxygen atoms in total. The maximum Gasteiger partial charge on any atom is 0.126 e. The van der Waals surface area contributed by atoms with E-state index >= 15 is 0 Å². The predicted molar refractivity (Wildman–Crippen MR) is 66.2 cm³/mol. The van der Waals surface area contributed by atoms with Crippen molar-refractivity contribution in [2.75, 3.05) is 13.2 Å². The van der Waals surface area contributed by atoms with Crippen molar-refractivity contribution in [1.29, 1.82) is 0 Å². The highest BCUT2D eigenvalue weighted by atomic mass is 35.5. The average molecular weight is 253 g/mol. The lowest BCUT2D eigenvalue weighted by atomic mass is 9.97. The summed E-state index contributed by atoms with van der Waals surface area (Å²) in [6.45, 7) is 3.79. The molecule has 2 aliphatic heterocycles. The summed E-state index contributed by atoms with van der Waals surface area (Å²) >= 11 is 5.94. The Hall–Kier alpha value is -1.22. The number of benzene rings is 1. The molecule has 2 aliphatic rings. The van der Waals surface area contributed by atoms with Gasteiger partial charge in [0.25, 0.3) is 0 Å². The van der Waals surface area contributed by atoms with Crippen LogP contribution in [-0.2, 0) is 0 Å². The molecule has 0 unspecified atom stereocenters. The first kappa shape index (κ1) is 10.9. The molecular formula is C13H14ClFN2. The number of nitrogens with zero attached hydrogens (tertiary/aromatic N) is 1. The van der Waals surface area contributed by atoms with Crippen molar-refractivity contribution in [3.8, 4) is 0 Å². The third kappa shape index (κ3) is 1.78. The summed E-state index contributed by atoms with van der Waals surface area (Å²) in [6, 6.07) is 4.82. The summed E-state index contributed by atoms with van der Waals surface area (Å²) < 4.78 is 13.8. The van der Waals surface area contributed by atoms with Crippen LogP contribution in [0, 0.1) is 5.82 Å². The van der Waals surface area contributed by atoms with Crippen LogP contribution in [0.1, 0.15) is 24.8 Å². The molecule has 2 heterocycles. The molecule has 1 N–H and O–H groups in total. The van der Waals surface area contributed by atoms with Gasteiger partial charge in [0, 0.05) is 28.9 Å². The molecule has 1 atom stereocenters. The van der Waals surface area contributed by atoms with Gasteiger partial charge in [-0.25, -0.2) is 4.39 Å². The topological polar surface area (TPSA) is 15.3 Å². The van der Waals surface area contributed by atoms with E-state index in [1.165, 1.54) is 17.5 Å². The number of nitrogens with one attached hydrogen (secondary N) is 1. The molecule has 0 radical (unpaired) electrons. The van der Waals surface area contributed by atoms with Crippen LogP contribution in [0.5, 0.6) is 0 Å². The third-order valence-corrected chi connectivity index (χ3v) is 3.86. The van der Waals surface area contributed by atoms with E-state index in [1.54, 1.807) is 12.1 Å². The lowest BCUT2D eigenvalue weighted by Crippen LogP contribution is -2.22. The van der Waals surface area contributed by atoms with Gasteiger partial charge >= 0.3 is 0 Å². The molecular weight excluding hydrogens is 239 g/mol. The van der Waals surface area contributed by atoms with Crippen molar-refractivity contribution in [2.45, 2.75) is 19.3 Å². The van der Waals surface area contributed by atoms with E-state index in [1.807, 2.05) is 0 Å². The first-order valence-electron chi connectivity index (χ1n) is 5.78. The Bertz CT molecular complexity index is 498. The van der Waals surface area contributed by atoms with E-state index in [2.05, 4.69) is 17.1 Å². The van der Waals surface area contributed by atoms with Gasteiger partial charge in [-0.3, -0.25) is 0 Å². The number of hydrogen-bond donors (Lipinski definition) is 1. The summed E-state index contributed by atoms with van der Waals surface area (Å²) in [5.41, 5.74) is 3.27. The average Bonchev–Trinajstić information content (AvgIpc) is 2.85. The molecule has 90 valence electrons. The number of rotatable bonds is 1. The van der Waals surface area contributed by atoms with Gasteiger partial charge in [-0.15, -0.1) is 0 Å². The Morgan fingerprint density at radius 3 is 3.06 bits per heavy atom. The van der Waals surface area contributed by atoms with Gasteiger partial charge in [0.2, 0.25) is 0 Å². The standard InChI is InChI=1S/C13H14ClFN2/c1-8-13-4-9(6-17(13)7-16-8)11-5-10(14)2-3-12(11)15/h2-3,5,9,16H,4,6-7H2,1H3/t9-/m0/s1. The molecule has 1 saturated heterocycles. The van der Waals surface area contributed by atoms with E-state index in [0.717, 1.165) is 25.2 Å². The van der Waals surface area contributed by atoms with Crippen LogP contribution in [-0.4, -0.2) is 18.1 Å². The summed E-state index contributed by atoms with van der Waals surface area (Å²) in [4.78, 5) is 2.28. The van der Waals surface area contributed by atoms with Gasteiger partial charge < -0.3 is 10.2 Å². The maximum absolute atomic E-state index is 13.8. The molecule has 0 saturated carbocycles. The summed E-state index contributed by atoms with van der Waals surface area (Å²) in [5.74, 6) is 0.0764. The van der Waals surface area contributed by atoms with Gasteiger partial charge in [-0.05, 0) is 37.1 Å². The quantitative estimate of drug-likeness (QED) is 0.827. The molecule has 0 spiro atoms. The zero-order valence-corrected chi connectivity index (χ0v) is 10.4. The molecule has 17 heavy (non-hydrogen) atoms. The van der Waals surface area contributed by atoms with Crippen LogP contribution in [0.3, 0.4) is 0 Å². The molecule has 1 aromatic carbocycles. The largest absolute Gasteiger partial charge is 0.370 e. The highest BCUT2D eigenvalue weighted by Crippen LogP contribution is 2.38. The maximum atomic E-state index is 13.8. The van der Waals surface area contributed by atoms with Gasteiger partial charge in [-0.1, -0.05) is 11.6 Å². The fourth-order valence-electron chi connectivity index (χ4n) is 2.71. The van der Waals surface area contributed by atoms with Gasteiger partial charge in [0.15, 0.2) is 0 Å². The first-order valence-corrected chi connectivity index (χ1v) is 6.16. The number of fused-ring (bicyclic) bond motifs is 1. The van der Waals surface area contributed by atoms with E-state index in [-0.39, 0.29) is 11.7 Å². The molecule has 0 bridgehead atoms. The smallest absolute Gasteiger partial charge is 0.126 e. The van der Waals surface area contributed by atoms with Gasteiger partial charge in [0.05, 0.1) is 6.67 Å². The minimum atomic E-state index is -0.146. The zero-order chi connectivity index (χ0) is 12.0. The van der Waals surface area contributed by atoms with Gasteiger partial charge in [-0.2, -0.15) is 0 Å². The molecule has 0 aliphatic carbocycles. The fourth-order valence-corrected chi connectivity index (χ4v) is 2.89. The minimum absolute atomic E-state index is 0.146. The van der Waals surface area contributed by atoms with Crippen LogP contribution in [0.15, 0.2) is 29.6 Å². The van der Waals surface area contributed by atoms with E-state index < -0.39 is 0 Å². The van der Waals surface area contributed by atoms with Crippen molar-refractivity contribution < 1.29 is 4.39 Å². The van der Waals surface area contributed by atoms with E-state index in [9.17, 15) is 4.39 Å². The molecule has 0 aromatic heterocycles. The minimum Gasteiger partial charge on any atom is -0.370 e. The van der Waals surface area contributed by atoms with Crippen molar-refractivity contribution in [3.05, 3.63) is 46.0 Å². The highest BCUT2D eigenvalue weighted by molar-refractivity contribution is 6.30. The Morgan fingerprint density at radius 1 is 1.47 bits per heavy atom. The van der Waals surface area contributed by atoms with E-state index in [4.69, 9.17) is 11.6 Å². The lowest BCUT2D eigenvalue weighted by Gasteiger charge is -2.14. The zero-order valence-electron chi connectivity index (χ0n) is 9.63. The lowest BCUT2D eigenvalue weighted by molar-refractivity contribution is 0.397. The van der Waals surface area contributed by atoms with Crippen LogP contribution in [0.2, 0.25) is 5.02 Å². The van der Waals surface area contributed by atoms with Crippen molar-refractivity contribution in [3.63, 3.8) is 0 Å². The van der Waals surface area contributed by atoms with Gasteiger partial charge in [0.1, 0.15) is 5.82 Å². The van der Waals surface area contributed by atoms with Crippen LogP contribution in [0.25, 0.3) is 0 Å². The molecule has 1 aromatic rings. The Labute approximate surface area is 105 Å². The van der Waals surface area contributed by atoms with E-state index in [0.29, 0.717) is 5.02 Å². The molecule has 0 amide bonds. The third-order valence-electron chi connectivity index (χ3n) is 3.63.